The average molecular weight is 845 g/mol. The molecule has 3 aromatic rings. The number of urea groups is 1. The van der Waals surface area contributed by atoms with Crippen molar-refractivity contribution in [1.82, 2.24) is 30.0 Å². The number of hydrogen-bond donors (Lipinski definition) is 6. The van der Waals surface area contributed by atoms with Gasteiger partial charge in [0.25, 0.3) is 11.8 Å². The molecule has 2 aromatic carbocycles. The number of benzene rings is 2. The number of imidazole rings is 1. The van der Waals surface area contributed by atoms with Crippen LogP contribution in [-0.2, 0) is 23.8 Å². The molecular weight excluding hydrogens is 793 g/mol. The number of nitrogens with two attached hydrogens (primary N) is 2. The van der Waals surface area contributed by atoms with Crippen LogP contribution >= 0.6 is 0 Å². The van der Waals surface area contributed by atoms with Gasteiger partial charge in [0.15, 0.2) is 6.29 Å². The number of primary amides is 1. The van der Waals surface area contributed by atoms with Crippen LogP contribution in [0.1, 0.15) is 71.4 Å². The molecule has 0 spiro atoms. The first-order valence-corrected chi connectivity index (χ1v) is 20.4. The van der Waals surface area contributed by atoms with Gasteiger partial charge in [-0.3, -0.25) is 39.3 Å². The third-order valence-electron chi connectivity index (χ3n) is 10.8. The number of fused-ring (bicyclic) bond motifs is 2. The number of methoxy groups -OCH3 is 1. The number of imide groups is 2. The second-order valence-electron chi connectivity index (χ2n) is 14.8. The molecule has 6 amide bonds. The van der Waals surface area contributed by atoms with E-state index >= 15 is 0 Å². The first kappa shape index (κ1) is 43.0. The molecule has 0 radical (unpaired) electrons. The molecule has 4 heterocycles. The maximum atomic E-state index is 13.3. The second-order valence-corrected chi connectivity index (χ2v) is 14.8. The van der Waals surface area contributed by atoms with Crippen molar-refractivity contribution in [2.75, 3.05) is 70.5 Å². The first-order valence-electron chi connectivity index (χ1n) is 20.4. The summed E-state index contributed by atoms with van der Waals surface area (Å²) in [4.78, 5) is 70.0. The van der Waals surface area contributed by atoms with Gasteiger partial charge in [-0.05, 0) is 31.4 Å². The number of hydrogen-bond acceptors (Lipinski definition) is 15. The maximum absolute atomic E-state index is 13.3. The number of rotatable bonds is 20. The van der Waals surface area contributed by atoms with Crippen molar-refractivity contribution < 1.29 is 47.7 Å². The van der Waals surface area contributed by atoms with E-state index in [-0.39, 0.29) is 42.7 Å². The summed E-state index contributed by atoms with van der Waals surface area (Å²) < 4.78 is 30.3. The van der Waals surface area contributed by atoms with Crippen LogP contribution in [0.4, 0.5) is 16.2 Å². The quantitative estimate of drug-likeness (QED) is 0.0702. The molecule has 1 aliphatic carbocycles. The van der Waals surface area contributed by atoms with Gasteiger partial charge in [-0.2, -0.15) is 0 Å². The van der Waals surface area contributed by atoms with E-state index in [2.05, 4.69) is 26.3 Å². The summed E-state index contributed by atoms with van der Waals surface area (Å²) in [6.07, 6.45) is 8.62. The number of carbonyl (C=O) groups excluding carboxylic acids is 5. The summed E-state index contributed by atoms with van der Waals surface area (Å²) in [5.74, 6) is -0.108. The van der Waals surface area contributed by atoms with E-state index in [4.69, 9.17) is 35.2 Å². The van der Waals surface area contributed by atoms with Gasteiger partial charge < -0.3 is 45.8 Å². The first-order chi connectivity index (χ1) is 29.6. The average Bonchev–Trinajstić information content (AvgIpc) is 3.82. The third kappa shape index (κ3) is 10.1. The van der Waals surface area contributed by atoms with E-state index in [0.717, 1.165) is 30.6 Å². The standard InChI is InChI=1S/C41H52N10O10/c1-57-26-21-25(46-34-24-33-45-11-13-49(33)41(51(34)40(43)56)47-30-7-3-2-6-29(30)42)22-27(23-26)61-20-19-60-18-17-59-16-15-58-14-12-44-31-8-4-5-28-36(31)39(55)50(38(28)54)32-9-10-35(52)48-37(32)53/h4-5,8,11,13,21-24,29-30,32,41,44,46-47H,2-3,6-7,9-10,12,14-20,42H2,1H3,(H2,43,56)(H,48,52,53)/t29-,30+,32?,41?/m1/s1. The molecule has 4 atom stereocenters. The van der Waals surface area contributed by atoms with Gasteiger partial charge in [-0.1, -0.05) is 18.9 Å². The Labute approximate surface area is 352 Å². The fraction of sp³-hybridized carbons (Fsp3) is 0.463. The van der Waals surface area contributed by atoms with Crippen LogP contribution in [0.15, 0.2) is 54.6 Å². The molecule has 20 nitrogen and oxygen atoms in total. The van der Waals surface area contributed by atoms with Gasteiger partial charge in [0.1, 0.15) is 35.8 Å². The molecule has 8 N–H and O–H groups in total. The highest BCUT2D eigenvalue weighted by Gasteiger charge is 2.45. The maximum Gasteiger partial charge on any atom is 0.323 e. The van der Waals surface area contributed by atoms with Crippen molar-refractivity contribution in [3.8, 4) is 11.5 Å². The molecular formula is C41H52N10O10. The summed E-state index contributed by atoms with van der Waals surface area (Å²) in [6.45, 7) is 2.56. The van der Waals surface area contributed by atoms with E-state index in [1.807, 2.05) is 4.57 Å². The zero-order chi connectivity index (χ0) is 42.9. The van der Waals surface area contributed by atoms with Crippen molar-refractivity contribution >= 4 is 47.1 Å². The molecule has 7 rings (SSSR count). The van der Waals surface area contributed by atoms with Crippen molar-refractivity contribution in [3.63, 3.8) is 0 Å². The third-order valence-corrected chi connectivity index (χ3v) is 10.8. The molecule has 61 heavy (non-hydrogen) atoms. The van der Waals surface area contributed by atoms with Crippen LogP contribution in [0.25, 0.3) is 6.08 Å². The zero-order valence-electron chi connectivity index (χ0n) is 33.9. The molecule has 20 heteroatoms. The second kappa shape index (κ2) is 20.0. The number of nitrogens with zero attached hydrogens (tertiary/aromatic N) is 4. The molecule has 3 aliphatic heterocycles. The van der Waals surface area contributed by atoms with Crippen molar-refractivity contribution in [2.45, 2.75) is 62.9 Å². The lowest BCUT2D eigenvalue weighted by molar-refractivity contribution is -0.136. The number of piperidine rings is 1. The normalized spacial score (nSPS) is 21.1. The minimum atomic E-state index is -1.03. The van der Waals surface area contributed by atoms with Crippen molar-refractivity contribution in [3.05, 3.63) is 71.6 Å². The van der Waals surface area contributed by atoms with E-state index in [0.29, 0.717) is 80.7 Å². The Bertz CT molecular complexity index is 2130. The fourth-order valence-electron chi connectivity index (χ4n) is 7.81. The summed E-state index contributed by atoms with van der Waals surface area (Å²) >= 11 is 0. The minimum absolute atomic E-state index is 0.00641. The SMILES string of the molecule is COc1cc(NC2=Cc3nccn3C(N[C@H]3CCCC[C@H]3N)N2C(N)=O)cc(OCCOCCOCCOCCNc2cccc3c2C(=O)N(C2CCC(=O)NC2=O)C3=O)c1. The highest BCUT2D eigenvalue weighted by atomic mass is 16.6. The molecule has 4 aliphatic rings. The Morgan fingerprint density at radius 1 is 0.918 bits per heavy atom. The van der Waals surface area contributed by atoms with Crippen LogP contribution in [0.2, 0.25) is 0 Å². The smallest absolute Gasteiger partial charge is 0.323 e. The summed E-state index contributed by atoms with van der Waals surface area (Å²) in [7, 11) is 1.55. The lowest BCUT2D eigenvalue weighted by Crippen LogP contribution is -2.56. The Morgan fingerprint density at radius 2 is 1.66 bits per heavy atom. The lowest BCUT2D eigenvalue weighted by atomic mass is 9.91. The Morgan fingerprint density at radius 3 is 2.39 bits per heavy atom. The van der Waals surface area contributed by atoms with Crippen molar-refractivity contribution in [2.24, 2.45) is 11.5 Å². The Kier molecular flexibility index (Phi) is 14.1. The largest absolute Gasteiger partial charge is 0.497 e. The predicted molar refractivity (Wildman–Crippen MR) is 220 cm³/mol. The van der Waals surface area contributed by atoms with E-state index in [9.17, 15) is 24.0 Å². The Hall–Kier alpha value is -6.06. The van der Waals surface area contributed by atoms with Gasteiger partial charge in [-0.15, -0.1) is 0 Å². The van der Waals surface area contributed by atoms with E-state index in [1.165, 1.54) is 4.90 Å². The summed E-state index contributed by atoms with van der Waals surface area (Å²) in [6, 6.07) is 8.46. The highest BCUT2D eigenvalue weighted by molar-refractivity contribution is 6.25. The van der Waals surface area contributed by atoms with Crippen LogP contribution in [-0.4, -0.2) is 127 Å². The van der Waals surface area contributed by atoms with Crippen molar-refractivity contribution in [1.29, 1.82) is 0 Å². The molecule has 2 unspecified atom stereocenters. The number of amides is 6. The van der Waals surface area contributed by atoms with Crippen LogP contribution in [0, 0.1) is 0 Å². The fourth-order valence-corrected chi connectivity index (χ4v) is 7.81. The predicted octanol–water partition coefficient (Wildman–Crippen LogP) is 1.95. The van der Waals surface area contributed by atoms with E-state index in [1.54, 1.807) is 62.0 Å². The monoisotopic (exact) mass is 844 g/mol. The number of aromatic nitrogens is 2. The molecule has 2 fully saturated rings. The summed E-state index contributed by atoms with van der Waals surface area (Å²) in [5.41, 5.74) is 13.9. The number of ether oxygens (including phenoxy) is 5. The van der Waals surface area contributed by atoms with Gasteiger partial charge in [0, 0.05) is 73.1 Å². The van der Waals surface area contributed by atoms with Crippen LogP contribution in [0.5, 0.6) is 11.5 Å². The number of anilines is 2. The lowest BCUT2D eigenvalue weighted by Gasteiger charge is -2.41. The molecule has 1 aromatic heterocycles. The molecule has 0 bridgehead atoms. The summed E-state index contributed by atoms with van der Waals surface area (Å²) in [5, 5.41) is 12.2. The molecule has 1 saturated carbocycles. The zero-order valence-corrected chi connectivity index (χ0v) is 33.9. The van der Waals surface area contributed by atoms with Gasteiger partial charge in [0.05, 0.1) is 57.9 Å². The molecule has 1 saturated heterocycles. The highest BCUT2D eigenvalue weighted by Crippen LogP contribution is 2.34. The van der Waals surface area contributed by atoms with Crippen LogP contribution < -0.4 is 42.2 Å². The Balaban J connectivity index is 0.800. The number of carbonyl (C=O) groups is 5. The molecule has 326 valence electrons. The van der Waals surface area contributed by atoms with Crippen LogP contribution in [0.3, 0.4) is 0 Å². The number of nitrogens with one attached hydrogen (secondary N) is 4. The van der Waals surface area contributed by atoms with Gasteiger partial charge in [0.2, 0.25) is 11.8 Å². The van der Waals surface area contributed by atoms with Gasteiger partial charge in [-0.25, -0.2) is 14.7 Å². The minimum Gasteiger partial charge on any atom is -0.497 e. The topological polar surface area (TPSA) is 256 Å². The van der Waals surface area contributed by atoms with E-state index < -0.39 is 42.0 Å². The van der Waals surface area contributed by atoms with Gasteiger partial charge >= 0.3 is 6.03 Å².